The average molecular weight is 364 g/mol. The number of hydrogen-bond acceptors (Lipinski definition) is 4. The molecule has 1 unspecified atom stereocenters. The molecule has 5 nitrogen and oxygen atoms in total. The van der Waals surface area contributed by atoms with Gasteiger partial charge in [0.15, 0.2) is 20.5 Å². The molecule has 24 heavy (non-hydrogen) atoms. The Morgan fingerprint density at radius 2 is 1.92 bits per heavy atom. The average Bonchev–Trinajstić information content (AvgIpc) is 2.75. The van der Waals surface area contributed by atoms with Gasteiger partial charge in [-0.25, -0.2) is 13.4 Å². The maximum atomic E-state index is 13.3. The van der Waals surface area contributed by atoms with Gasteiger partial charge in [0, 0.05) is 23.8 Å². The quantitative estimate of drug-likeness (QED) is 0.855. The Morgan fingerprint density at radius 1 is 1.29 bits per heavy atom. The van der Waals surface area contributed by atoms with Crippen LogP contribution in [0.2, 0.25) is 0 Å². The minimum atomic E-state index is -4.77. The van der Waals surface area contributed by atoms with Crippen molar-refractivity contribution in [2.45, 2.75) is 43.5 Å². The molecule has 9 heteroatoms. The molecule has 0 aliphatic heterocycles. The number of pyridine rings is 1. The summed E-state index contributed by atoms with van der Waals surface area (Å²) >= 11 is 0. The van der Waals surface area contributed by atoms with Crippen molar-refractivity contribution in [1.29, 1.82) is 0 Å². The fraction of sp³-hybridized carbons (Fsp3) is 0.533. The van der Waals surface area contributed by atoms with E-state index in [1.54, 1.807) is 13.8 Å². The molecule has 0 fully saturated rings. The third kappa shape index (κ3) is 3.89. The Labute approximate surface area is 137 Å². The smallest absolute Gasteiger partial charge is 0.380 e. The van der Waals surface area contributed by atoms with Crippen molar-refractivity contribution in [3.63, 3.8) is 0 Å². The topological polar surface area (TPSA) is 83.0 Å². The summed E-state index contributed by atoms with van der Waals surface area (Å²) in [6.45, 7) is 3.20. The van der Waals surface area contributed by atoms with Crippen LogP contribution in [-0.4, -0.2) is 41.5 Å². The van der Waals surface area contributed by atoms with Crippen LogP contribution >= 0.6 is 0 Å². The van der Waals surface area contributed by atoms with E-state index < -0.39 is 34.5 Å². The van der Waals surface area contributed by atoms with Crippen molar-refractivity contribution in [2.24, 2.45) is 5.92 Å². The molecule has 0 spiro atoms. The lowest BCUT2D eigenvalue weighted by Crippen LogP contribution is -2.48. The predicted octanol–water partition coefficient (Wildman–Crippen LogP) is 2.85. The normalized spacial score (nSPS) is 15.8. The highest BCUT2D eigenvalue weighted by Gasteiger charge is 2.53. The summed E-state index contributed by atoms with van der Waals surface area (Å²) in [7, 11) is -3.51. The highest BCUT2D eigenvalue weighted by molar-refractivity contribution is 7.90. The number of fused-ring (bicyclic) bond motifs is 1. The van der Waals surface area contributed by atoms with Gasteiger partial charge in [-0.05, 0) is 24.5 Å². The first-order valence-corrected chi connectivity index (χ1v) is 9.18. The predicted molar refractivity (Wildman–Crippen MR) is 83.4 cm³/mol. The lowest BCUT2D eigenvalue weighted by molar-refractivity contribution is -0.265. The molecule has 0 amide bonds. The summed E-state index contributed by atoms with van der Waals surface area (Å²) in [5.74, 6) is -0.348. The number of nitrogens with one attached hydrogen (secondary N) is 1. The monoisotopic (exact) mass is 364 g/mol. The lowest BCUT2D eigenvalue weighted by Gasteiger charge is -2.31. The van der Waals surface area contributed by atoms with Crippen LogP contribution in [0.3, 0.4) is 0 Å². The molecule has 134 valence electrons. The molecule has 0 saturated carbocycles. The Morgan fingerprint density at radius 3 is 2.42 bits per heavy atom. The third-order valence-electron chi connectivity index (χ3n) is 3.67. The van der Waals surface area contributed by atoms with Crippen LogP contribution < -0.4 is 0 Å². The second-order valence-electron chi connectivity index (χ2n) is 6.48. The first-order valence-electron chi connectivity index (χ1n) is 7.29. The maximum absolute atomic E-state index is 13.3. The highest BCUT2D eigenvalue weighted by Crippen LogP contribution is 2.38. The van der Waals surface area contributed by atoms with Gasteiger partial charge in [0.25, 0.3) is 0 Å². The highest BCUT2D eigenvalue weighted by atomic mass is 32.2. The van der Waals surface area contributed by atoms with Gasteiger partial charge in [0.2, 0.25) is 0 Å². The number of aliphatic hydroxyl groups is 1. The zero-order valence-electron chi connectivity index (χ0n) is 13.5. The Bertz CT molecular complexity index is 843. The van der Waals surface area contributed by atoms with Crippen molar-refractivity contribution in [1.82, 2.24) is 9.97 Å². The second-order valence-corrected chi connectivity index (χ2v) is 8.44. The maximum Gasteiger partial charge on any atom is 0.417 e. The summed E-state index contributed by atoms with van der Waals surface area (Å²) in [5.41, 5.74) is -2.28. The largest absolute Gasteiger partial charge is 0.417 e. The van der Waals surface area contributed by atoms with Crippen LogP contribution in [0.4, 0.5) is 13.2 Å². The van der Waals surface area contributed by atoms with E-state index in [9.17, 15) is 26.7 Å². The van der Waals surface area contributed by atoms with Gasteiger partial charge in [0.05, 0.1) is 11.7 Å². The van der Waals surface area contributed by atoms with Gasteiger partial charge in [-0.2, -0.15) is 13.2 Å². The molecule has 0 saturated heterocycles. The van der Waals surface area contributed by atoms with E-state index in [0.29, 0.717) is 10.9 Å². The molecule has 0 aromatic carbocycles. The number of aromatic amines is 1. The second kappa shape index (κ2) is 6.03. The van der Waals surface area contributed by atoms with Crippen LogP contribution in [0.5, 0.6) is 0 Å². The standard InChI is InChI=1S/C15H19F3N2O3S/c1-9(2)6-14(21,15(16,17)18)7-11-4-10-5-13(24(3,22)23)19-8-12(10)20-11/h4-5,8-9,20-21H,6-7H2,1-3H3. The number of rotatable bonds is 5. The minimum absolute atomic E-state index is 0.159. The summed E-state index contributed by atoms with van der Waals surface area (Å²) in [6.07, 6.45) is -3.59. The minimum Gasteiger partial charge on any atom is -0.380 e. The first-order chi connectivity index (χ1) is 10.8. The van der Waals surface area contributed by atoms with Gasteiger partial charge in [-0.3, -0.25) is 0 Å². The van der Waals surface area contributed by atoms with Crippen molar-refractivity contribution in [3.05, 3.63) is 24.0 Å². The number of nitrogens with zero attached hydrogens (tertiary/aromatic N) is 1. The van der Waals surface area contributed by atoms with Crippen LogP contribution in [0, 0.1) is 5.92 Å². The molecule has 2 aromatic heterocycles. The number of H-pyrrole nitrogens is 1. The number of sulfone groups is 1. The van der Waals surface area contributed by atoms with Gasteiger partial charge < -0.3 is 10.1 Å². The number of halogens is 3. The van der Waals surface area contributed by atoms with Crippen LogP contribution in [0.25, 0.3) is 10.9 Å². The summed E-state index contributed by atoms with van der Waals surface area (Å²) < 4.78 is 62.8. The zero-order chi connectivity index (χ0) is 18.3. The molecule has 2 N–H and O–H groups in total. The molecule has 1 atom stereocenters. The lowest BCUT2D eigenvalue weighted by atomic mass is 9.87. The van der Waals surface area contributed by atoms with Crippen molar-refractivity contribution in [3.8, 4) is 0 Å². The van der Waals surface area contributed by atoms with E-state index in [1.165, 1.54) is 18.3 Å². The van der Waals surface area contributed by atoms with Crippen molar-refractivity contribution >= 4 is 20.7 Å². The van der Waals surface area contributed by atoms with Crippen LogP contribution in [0.15, 0.2) is 23.4 Å². The van der Waals surface area contributed by atoms with Crippen LogP contribution in [0.1, 0.15) is 26.0 Å². The number of hydrogen-bond donors (Lipinski definition) is 2. The van der Waals surface area contributed by atoms with E-state index >= 15 is 0 Å². The SMILES string of the molecule is CC(C)CC(O)(Cc1cc2cc(S(C)(=O)=O)ncc2[nH]1)C(F)(F)F. The van der Waals surface area contributed by atoms with Gasteiger partial charge >= 0.3 is 6.18 Å². The molecule has 0 bridgehead atoms. The van der Waals surface area contributed by atoms with Gasteiger partial charge in [0.1, 0.15) is 0 Å². The van der Waals surface area contributed by atoms with E-state index in [2.05, 4.69) is 9.97 Å². The van der Waals surface area contributed by atoms with Crippen molar-refractivity contribution < 1.29 is 26.7 Å². The third-order valence-corrected chi connectivity index (χ3v) is 4.66. The molecule has 0 aliphatic carbocycles. The van der Waals surface area contributed by atoms with Crippen molar-refractivity contribution in [2.75, 3.05) is 6.26 Å². The Balaban J connectivity index is 2.41. The molecular formula is C15H19F3N2O3S. The molecule has 2 heterocycles. The zero-order valence-corrected chi connectivity index (χ0v) is 14.3. The van der Waals surface area contributed by atoms with E-state index in [1.807, 2.05) is 0 Å². The van der Waals surface area contributed by atoms with E-state index in [-0.39, 0.29) is 16.6 Å². The Kier molecular flexibility index (Phi) is 4.71. The molecule has 0 aliphatic rings. The van der Waals surface area contributed by atoms with E-state index in [4.69, 9.17) is 0 Å². The van der Waals surface area contributed by atoms with E-state index in [0.717, 1.165) is 6.26 Å². The van der Waals surface area contributed by atoms with Gasteiger partial charge in [-0.1, -0.05) is 13.8 Å². The van der Waals surface area contributed by atoms with Gasteiger partial charge in [-0.15, -0.1) is 0 Å². The fourth-order valence-electron chi connectivity index (χ4n) is 2.65. The molecule has 2 aromatic rings. The van der Waals surface area contributed by atoms with Crippen LogP contribution in [-0.2, 0) is 16.3 Å². The number of alkyl halides is 3. The Hall–Kier alpha value is -1.61. The number of aromatic nitrogens is 2. The molecule has 2 rings (SSSR count). The molecular weight excluding hydrogens is 345 g/mol. The summed E-state index contributed by atoms with van der Waals surface area (Å²) in [4.78, 5) is 6.54. The summed E-state index contributed by atoms with van der Waals surface area (Å²) in [5, 5.41) is 10.4. The summed E-state index contributed by atoms with van der Waals surface area (Å²) in [6, 6.07) is 2.70. The fourth-order valence-corrected chi connectivity index (χ4v) is 3.23. The first kappa shape index (κ1) is 18.7. The molecule has 0 radical (unpaired) electrons.